The van der Waals surface area contributed by atoms with Gasteiger partial charge in [0.15, 0.2) is 0 Å². The molecule has 0 heterocycles. The van der Waals surface area contributed by atoms with Gasteiger partial charge in [-0.3, -0.25) is 4.79 Å². The van der Waals surface area contributed by atoms with E-state index in [4.69, 9.17) is 4.74 Å². The Bertz CT molecular complexity index is 630. The first-order chi connectivity index (χ1) is 11.9. The number of hydrogen-bond acceptors (Lipinski definition) is 2. The van der Waals surface area contributed by atoms with Gasteiger partial charge in [0.25, 0.3) is 0 Å². The molecule has 0 aliphatic heterocycles. The summed E-state index contributed by atoms with van der Waals surface area (Å²) in [4.78, 5) is 11.4. The summed E-state index contributed by atoms with van der Waals surface area (Å²) < 4.78 is 5.55. The second kappa shape index (κ2) is 5.99. The molecule has 0 N–H and O–H groups in total. The minimum Gasteiger partial charge on any atom is -0.462 e. The lowest BCUT2D eigenvalue weighted by molar-refractivity contribution is -0.148. The van der Waals surface area contributed by atoms with Gasteiger partial charge in [-0.2, -0.15) is 0 Å². The van der Waals surface area contributed by atoms with Crippen molar-refractivity contribution in [3.63, 3.8) is 0 Å². The predicted octanol–water partition coefficient (Wildman–Crippen LogP) is 5.83. The molecule has 2 nitrogen and oxygen atoms in total. The average Bonchev–Trinajstić information content (AvgIpc) is 2.91. The Morgan fingerprint density at radius 2 is 1.88 bits per heavy atom. The van der Waals surface area contributed by atoms with Crippen LogP contribution in [0.25, 0.3) is 0 Å². The van der Waals surface area contributed by atoms with Crippen molar-refractivity contribution in [2.75, 3.05) is 0 Å². The highest BCUT2D eigenvalue weighted by Crippen LogP contribution is 2.66. The van der Waals surface area contributed by atoms with Crippen LogP contribution >= 0.6 is 0 Å². The van der Waals surface area contributed by atoms with Crippen molar-refractivity contribution in [2.45, 2.75) is 85.2 Å². The van der Waals surface area contributed by atoms with Crippen LogP contribution in [-0.4, -0.2) is 12.1 Å². The fraction of sp³-hybridized carbons (Fsp3) is 0.783. The Hall–Kier alpha value is -1.05. The first kappa shape index (κ1) is 17.4. The topological polar surface area (TPSA) is 26.3 Å². The third kappa shape index (κ3) is 2.54. The normalized spacial score (nSPS) is 47.5. The number of hydrogen-bond donors (Lipinski definition) is 0. The molecule has 0 amide bonds. The highest BCUT2D eigenvalue weighted by Gasteiger charge is 2.57. The largest absolute Gasteiger partial charge is 0.462 e. The lowest BCUT2D eigenvalue weighted by Crippen LogP contribution is -2.49. The quantitative estimate of drug-likeness (QED) is 0.443. The van der Waals surface area contributed by atoms with Crippen LogP contribution in [0.4, 0.5) is 0 Å². The Morgan fingerprint density at radius 3 is 2.60 bits per heavy atom. The van der Waals surface area contributed by atoms with Crippen LogP contribution in [0.15, 0.2) is 23.3 Å². The first-order valence-electron chi connectivity index (χ1n) is 10.4. The van der Waals surface area contributed by atoms with E-state index >= 15 is 0 Å². The van der Waals surface area contributed by atoms with E-state index in [-0.39, 0.29) is 12.1 Å². The van der Waals surface area contributed by atoms with Crippen LogP contribution in [0.5, 0.6) is 0 Å². The number of esters is 1. The summed E-state index contributed by atoms with van der Waals surface area (Å²) in [7, 11) is 0. The van der Waals surface area contributed by atoms with Gasteiger partial charge >= 0.3 is 5.97 Å². The minimum absolute atomic E-state index is 0.114. The van der Waals surface area contributed by atoms with Crippen LogP contribution in [0, 0.1) is 28.6 Å². The predicted molar refractivity (Wildman–Crippen MR) is 101 cm³/mol. The molecule has 138 valence electrons. The second-order valence-corrected chi connectivity index (χ2v) is 9.54. The molecule has 0 aromatic carbocycles. The number of carbonyl (C=O) groups is 1. The molecule has 4 rings (SSSR count). The number of carbonyl (C=O) groups excluding carboxylic acids is 1. The zero-order valence-electron chi connectivity index (χ0n) is 16.4. The van der Waals surface area contributed by atoms with Gasteiger partial charge in [0.05, 0.1) is 0 Å². The summed E-state index contributed by atoms with van der Waals surface area (Å²) >= 11 is 0. The van der Waals surface area contributed by atoms with E-state index in [2.05, 4.69) is 32.9 Å². The van der Waals surface area contributed by atoms with Gasteiger partial charge < -0.3 is 4.74 Å². The Labute approximate surface area is 153 Å². The zero-order valence-corrected chi connectivity index (χ0v) is 16.4. The monoisotopic (exact) mass is 342 g/mol. The van der Waals surface area contributed by atoms with Crippen molar-refractivity contribution in [3.05, 3.63) is 23.3 Å². The van der Waals surface area contributed by atoms with E-state index in [0.717, 1.165) is 30.6 Å². The van der Waals surface area contributed by atoms with Crippen molar-refractivity contribution in [1.29, 1.82) is 0 Å². The van der Waals surface area contributed by atoms with Crippen LogP contribution in [0.3, 0.4) is 0 Å². The van der Waals surface area contributed by atoms with Crippen molar-refractivity contribution >= 4 is 5.97 Å². The molecule has 0 bridgehead atoms. The van der Waals surface area contributed by atoms with Crippen LogP contribution in [0.1, 0.15) is 79.1 Å². The standard InChI is InChI=1S/C23H34O2/c1-5-16-7-9-20-19-8-6-17-14-18(25-15(2)24)10-12-23(17,4)21(19)11-13-22(16,20)3/h5-6,18-21H,7-14H2,1-4H3/b16-5-/t18-,19-,20-,21-,22+,23+/m1/s1. The summed E-state index contributed by atoms with van der Waals surface area (Å²) in [6.07, 6.45) is 15.0. The third-order valence-corrected chi connectivity index (χ3v) is 8.59. The lowest BCUT2D eigenvalue weighted by Gasteiger charge is -2.57. The molecule has 4 aliphatic rings. The first-order valence-corrected chi connectivity index (χ1v) is 10.4. The van der Waals surface area contributed by atoms with E-state index < -0.39 is 0 Å². The molecule has 0 aromatic rings. The average molecular weight is 343 g/mol. The number of ether oxygens (including phenoxy) is 1. The van der Waals surface area contributed by atoms with Gasteiger partial charge in [0.2, 0.25) is 0 Å². The minimum atomic E-state index is -0.124. The molecule has 3 saturated carbocycles. The summed E-state index contributed by atoms with van der Waals surface area (Å²) in [6.45, 7) is 8.86. The SMILES string of the molecule is C/C=C1/CC[C@@H]2[C@H]3CC=C4C[C@H](OC(C)=O)CC[C@]4(C)[C@@H]3CC[C@@]12C. The van der Waals surface area contributed by atoms with Crippen molar-refractivity contribution in [2.24, 2.45) is 28.6 Å². The molecule has 0 radical (unpaired) electrons. The van der Waals surface area contributed by atoms with Crippen molar-refractivity contribution in [3.8, 4) is 0 Å². The maximum absolute atomic E-state index is 11.4. The summed E-state index contributed by atoms with van der Waals surface area (Å²) in [5.74, 6) is 2.44. The molecule has 6 atom stereocenters. The molecular formula is C23H34O2. The smallest absolute Gasteiger partial charge is 0.302 e. The number of allylic oxidation sites excluding steroid dienone is 3. The lowest BCUT2D eigenvalue weighted by atomic mass is 9.48. The number of fused-ring (bicyclic) bond motifs is 5. The Kier molecular flexibility index (Phi) is 4.16. The van der Waals surface area contributed by atoms with Crippen LogP contribution in [-0.2, 0) is 9.53 Å². The van der Waals surface area contributed by atoms with Gasteiger partial charge in [-0.25, -0.2) is 0 Å². The van der Waals surface area contributed by atoms with Crippen molar-refractivity contribution < 1.29 is 9.53 Å². The molecule has 2 heteroatoms. The molecule has 0 saturated heterocycles. The van der Waals surface area contributed by atoms with E-state index in [9.17, 15) is 4.79 Å². The van der Waals surface area contributed by atoms with Gasteiger partial charge in [-0.05, 0) is 80.5 Å². The van der Waals surface area contributed by atoms with Gasteiger partial charge in [-0.1, -0.05) is 37.1 Å². The molecule has 3 fully saturated rings. The van der Waals surface area contributed by atoms with Gasteiger partial charge in [0.1, 0.15) is 6.10 Å². The molecule has 0 unspecified atom stereocenters. The molecule has 4 aliphatic carbocycles. The molecule has 0 aromatic heterocycles. The van der Waals surface area contributed by atoms with Crippen LogP contribution < -0.4 is 0 Å². The molecular weight excluding hydrogens is 308 g/mol. The van der Waals surface area contributed by atoms with E-state index in [1.807, 2.05) is 0 Å². The Morgan fingerprint density at radius 1 is 1.16 bits per heavy atom. The fourth-order valence-electron chi connectivity index (χ4n) is 7.28. The van der Waals surface area contributed by atoms with E-state index in [1.54, 1.807) is 18.1 Å². The van der Waals surface area contributed by atoms with E-state index in [0.29, 0.717) is 10.8 Å². The maximum atomic E-state index is 11.4. The Balaban J connectivity index is 1.60. The van der Waals surface area contributed by atoms with E-state index in [1.165, 1.54) is 38.5 Å². The van der Waals surface area contributed by atoms with Crippen molar-refractivity contribution in [1.82, 2.24) is 0 Å². The number of rotatable bonds is 1. The zero-order chi connectivity index (χ0) is 17.8. The van der Waals surface area contributed by atoms with Gasteiger partial charge in [0, 0.05) is 13.3 Å². The highest BCUT2D eigenvalue weighted by atomic mass is 16.5. The summed E-state index contributed by atoms with van der Waals surface area (Å²) in [6, 6.07) is 0. The summed E-state index contributed by atoms with van der Waals surface area (Å²) in [5, 5.41) is 0. The fourth-order valence-corrected chi connectivity index (χ4v) is 7.28. The van der Waals surface area contributed by atoms with Crippen LogP contribution in [0.2, 0.25) is 0 Å². The molecule has 0 spiro atoms. The molecule has 25 heavy (non-hydrogen) atoms. The highest BCUT2D eigenvalue weighted by molar-refractivity contribution is 5.66. The summed E-state index contributed by atoms with van der Waals surface area (Å²) in [5.41, 5.74) is 4.14. The second-order valence-electron chi connectivity index (χ2n) is 9.54. The third-order valence-electron chi connectivity index (χ3n) is 8.59. The van der Waals surface area contributed by atoms with Gasteiger partial charge in [-0.15, -0.1) is 0 Å². The maximum Gasteiger partial charge on any atom is 0.302 e.